The first kappa shape index (κ1) is 62.6. The number of rotatable bonds is 46. The molecule has 0 saturated carbocycles. The maximum absolute atomic E-state index is 13.2. The van der Waals surface area contributed by atoms with Crippen LogP contribution in [-0.4, -0.2) is 107 Å². The van der Waals surface area contributed by atoms with Gasteiger partial charge in [0.25, 0.3) is 0 Å². The highest BCUT2D eigenvalue weighted by atomic mass is 32.3. The summed E-state index contributed by atoms with van der Waals surface area (Å²) in [6.45, 7) is 3.24. The lowest BCUT2D eigenvalue weighted by atomic mass is 9.99. The Morgan fingerprint density at radius 2 is 1.02 bits per heavy atom. The topological polar surface area (TPSA) is 212 Å². The molecule has 0 spiro atoms. The van der Waals surface area contributed by atoms with E-state index < -0.39 is 78.5 Å². The third-order valence-electron chi connectivity index (χ3n) is 12.8. The van der Waals surface area contributed by atoms with Crippen molar-refractivity contribution >= 4 is 16.3 Å². The predicted octanol–water partition coefficient (Wildman–Crippen LogP) is 10.6. The first-order valence-electron chi connectivity index (χ1n) is 26.8. The van der Waals surface area contributed by atoms with Crippen molar-refractivity contribution in [2.75, 3.05) is 13.2 Å². The predicted molar refractivity (Wildman–Crippen MR) is 265 cm³/mol. The molecule has 7 N–H and O–H groups in total. The smallest absolute Gasteiger partial charge is 0.394 e. The van der Waals surface area contributed by atoms with Gasteiger partial charge in [-0.25, -0.2) is 4.18 Å². The van der Waals surface area contributed by atoms with Crippen molar-refractivity contribution in [2.45, 2.75) is 288 Å². The monoisotopic (exact) mass is 962 g/mol. The number of hydrogen-bond donors (Lipinski definition) is 7. The van der Waals surface area contributed by atoms with Crippen LogP contribution in [0.4, 0.5) is 0 Å². The second-order valence-corrected chi connectivity index (χ2v) is 20.0. The average molecular weight is 962 g/mol. The van der Waals surface area contributed by atoms with E-state index in [2.05, 4.69) is 35.5 Å². The number of nitrogens with one attached hydrogen (secondary N) is 1. The van der Waals surface area contributed by atoms with E-state index in [0.717, 1.165) is 38.5 Å². The Hall–Kier alpha value is -1.46. The number of carbonyl (C=O) groups excluding carboxylic acids is 1. The van der Waals surface area contributed by atoms with Gasteiger partial charge in [0.15, 0.2) is 6.29 Å². The zero-order valence-electron chi connectivity index (χ0n) is 41.6. The Balaban J connectivity index is 2.51. The molecule has 0 aromatic rings. The summed E-state index contributed by atoms with van der Waals surface area (Å²) in [7, 11) is -5.12. The molecule has 13 nitrogen and oxygen atoms in total. The van der Waals surface area contributed by atoms with Gasteiger partial charge in [-0.05, 0) is 32.1 Å². The SMILES string of the molecule is CCCCCCCCCCCCCC/C=C/CC/C=C/C(O)C(COC1OC(CO)C(O)C(OS(=O)(=O)O)C1O)NC(=O)C(O)CCCCCCCCCCCCCCCCCCCCC. The van der Waals surface area contributed by atoms with E-state index in [1.165, 1.54) is 173 Å². The molecule has 0 aliphatic carbocycles. The fourth-order valence-electron chi connectivity index (χ4n) is 8.60. The summed E-state index contributed by atoms with van der Waals surface area (Å²) in [5.41, 5.74) is 0. The number of aliphatic hydroxyl groups is 5. The van der Waals surface area contributed by atoms with Gasteiger partial charge in [-0.15, -0.1) is 0 Å². The van der Waals surface area contributed by atoms with Gasteiger partial charge < -0.3 is 40.3 Å². The first-order valence-corrected chi connectivity index (χ1v) is 28.2. The lowest BCUT2D eigenvalue weighted by molar-refractivity contribution is -0.298. The molecule has 1 saturated heterocycles. The van der Waals surface area contributed by atoms with E-state index in [1.807, 2.05) is 0 Å². The standard InChI is InChI=1S/C52H99NO12S/c1-3-5-7-9-11-13-15-17-19-21-23-25-27-29-31-33-35-37-39-41-46(56)51(59)53-44(43-63-52-49(58)50(65-66(60,61)62)48(57)47(42-54)64-52)45(55)40-38-36-34-32-30-28-26-24-22-20-18-16-14-12-10-8-6-4-2/h30,32,38,40,44-50,52,54-58H,3-29,31,33-37,39,41-43H2,1-2H3,(H,53,59)(H,60,61,62)/b32-30+,40-38+. The van der Waals surface area contributed by atoms with Crippen molar-refractivity contribution < 1.29 is 57.0 Å². The van der Waals surface area contributed by atoms with Crippen LogP contribution in [0.25, 0.3) is 0 Å². The Morgan fingerprint density at radius 1 is 0.606 bits per heavy atom. The number of carbonyl (C=O) groups is 1. The van der Waals surface area contributed by atoms with Crippen molar-refractivity contribution in [1.82, 2.24) is 5.32 Å². The fraction of sp³-hybridized carbons (Fsp3) is 0.904. The summed E-state index contributed by atoms with van der Waals surface area (Å²) in [6, 6.07) is -1.13. The maximum Gasteiger partial charge on any atom is 0.397 e. The summed E-state index contributed by atoms with van der Waals surface area (Å²) in [5.74, 6) is -0.708. The van der Waals surface area contributed by atoms with Gasteiger partial charge >= 0.3 is 10.4 Å². The van der Waals surface area contributed by atoms with Crippen LogP contribution in [0.2, 0.25) is 0 Å². The van der Waals surface area contributed by atoms with Crippen LogP contribution in [0.15, 0.2) is 24.3 Å². The van der Waals surface area contributed by atoms with E-state index in [-0.39, 0.29) is 6.42 Å². The Bertz CT molecular complexity index is 1290. The molecule has 0 aromatic carbocycles. The van der Waals surface area contributed by atoms with Gasteiger partial charge in [0.2, 0.25) is 5.91 Å². The molecule has 0 radical (unpaired) electrons. The molecule has 8 unspecified atom stereocenters. The molecule has 1 aliphatic rings. The Kier molecular flexibility index (Phi) is 40.2. The zero-order chi connectivity index (χ0) is 48.5. The summed E-state index contributed by atoms with van der Waals surface area (Å²) in [5, 5.41) is 55.4. The molecule has 1 rings (SSSR count). The minimum atomic E-state index is -5.12. The Labute approximate surface area is 402 Å². The molecule has 1 heterocycles. The highest BCUT2D eigenvalue weighted by Crippen LogP contribution is 2.26. The maximum atomic E-state index is 13.2. The largest absolute Gasteiger partial charge is 0.397 e. The molecular weight excluding hydrogens is 863 g/mol. The third-order valence-corrected chi connectivity index (χ3v) is 13.3. The molecule has 1 aliphatic heterocycles. The van der Waals surface area contributed by atoms with Crippen LogP contribution in [0.1, 0.15) is 239 Å². The molecule has 0 aromatic heterocycles. The minimum absolute atomic E-state index is 0.241. The van der Waals surface area contributed by atoms with Crippen LogP contribution >= 0.6 is 0 Å². The molecular formula is C52H99NO12S. The minimum Gasteiger partial charge on any atom is -0.394 e. The van der Waals surface area contributed by atoms with E-state index in [1.54, 1.807) is 6.08 Å². The van der Waals surface area contributed by atoms with Gasteiger partial charge in [-0.3, -0.25) is 9.35 Å². The fourth-order valence-corrected chi connectivity index (χ4v) is 9.10. The second kappa shape index (κ2) is 42.4. The summed E-state index contributed by atoms with van der Waals surface area (Å²) in [4.78, 5) is 13.2. The average Bonchev–Trinajstić information content (AvgIpc) is 3.29. The lowest BCUT2D eigenvalue weighted by Gasteiger charge is -2.41. The van der Waals surface area contributed by atoms with Crippen molar-refractivity contribution in [2.24, 2.45) is 0 Å². The number of hydrogen-bond acceptors (Lipinski definition) is 11. The zero-order valence-corrected chi connectivity index (χ0v) is 42.4. The highest BCUT2D eigenvalue weighted by Gasteiger charge is 2.48. The van der Waals surface area contributed by atoms with Crippen LogP contribution in [0.3, 0.4) is 0 Å². The number of ether oxygens (including phenoxy) is 2. The second-order valence-electron chi connectivity index (χ2n) is 19.0. The molecule has 1 amide bonds. The van der Waals surface area contributed by atoms with Gasteiger partial charge in [0.05, 0.1) is 25.4 Å². The van der Waals surface area contributed by atoms with Gasteiger partial charge in [0, 0.05) is 0 Å². The molecule has 66 heavy (non-hydrogen) atoms. The summed E-state index contributed by atoms with van der Waals surface area (Å²) >= 11 is 0. The number of aliphatic hydroxyl groups excluding tert-OH is 5. The number of unbranched alkanes of at least 4 members (excludes halogenated alkanes) is 31. The molecule has 0 bridgehead atoms. The molecule has 14 heteroatoms. The van der Waals surface area contributed by atoms with E-state index in [0.29, 0.717) is 12.8 Å². The van der Waals surface area contributed by atoms with Gasteiger partial charge in [0.1, 0.15) is 30.5 Å². The number of allylic oxidation sites excluding steroid dienone is 3. The van der Waals surface area contributed by atoms with Gasteiger partial charge in [-0.2, -0.15) is 8.42 Å². The van der Waals surface area contributed by atoms with Crippen LogP contribution in [0, 0.1) is 0 Å². The van der Waals surface area contributed by atoms with Crippen LogP contribution in [0.5, 0.6) is 0 Å². The normalized spacial score (nSPS) is 20.6. The quantitative estimate of drug-likeness (QED) is 0.0173. The molecule has 8 atom stereocenters. The van der Waals surface area contributed by atoms with Crippen molar-refractivity contribution in [1.29, 1.82) is 0 Å². The summed E-state index contributed by atoms with van der Waals surface area (Å²) in [6.07, 6.45) is 38.3. The van der Waals surface area contributed by atoms with Crippen LogP contribution in [-0.2, 0) is 28.9 Å². The van der Waals surface area contributed by atoms with E-state index in [9.17, 15) is 43.3 Å². The van der Waals surface area contributed by atoms with Crippen molar-refractivity contribution in [3.05, 3.63) is 24.3 Å². The molecule has 390 valence electrons. The van der Waals surface area contributed by atoms with Crippen molar-refractivity contribution in [3.63, 3.8) is 0 Å². The van der Waals surface area contributed by atoms with Crippen LogP contribution < -0.4 is 5.32 Å². The third kappa shape index (κ3) is 33.9. The highest BCUT2D eigenvalue weighted by molar-refractivity contribution is 7.80. The number of amides is 1. The molecule has 1 fully saturated rings. The first-order chi connectivity index (χ1) is 31.9. The van der Waals surface area contributed by atoms with E-state index >= 15 is 0 Å². The van der Waals surface area contributed by atoms with Crippen molar-refractivity contribution in [3.8, 4) is 0 Å². The lowest BCUT2D eigenvalue weighted by Crippen LogP contribution is -2.61. The van der Waals surface area contributed by atoms with Gasteiger partial charge in [-0.1, -0.05) is 231 Å². The summed E-state index contributed by atoms with van der Waals surface area (Å²) < 4.78 is 47.6. The van der Waals surface area contributed by atoms with E-state index in [4.69, 9.17) is 9.47 Å². The Morgan fingerprint density at radius 3 is 1.45 bits per heavy atom.